The van der Waals surface area contributed by atoms with Crippen molar-refractivity contribution in [2.24, 2.45) is 0 Å². The molecule has 1 aromatic heterocycles. The fourth-order valence-corrected chi connectivity index (χ4v) is 4.72. The molecule has 26 heavy (non-hydrogen) atoms. The van der Waals surface area contributed by atoms with Crippen LogP contribution >= 0.6 is 15.9 Å². The van der Waals surface area contributed by atoms with Crippen molar-refractivity contribution in [3.8, 4) is 0 Å². The first-order valence-corrected chi connectivity index (χ1v) is 9.42. The Hall–Kier alpha value is -2.59. The zero-order chi connectivity index (χ0) is 17.9. The first kappa shape index (κ1) is 15.6. The Bertz CT molecular complexity index is 1050. The summed E-state index contributed by atoms with van der Waals surface area (Å²) in [6, 6.07) is 20.5. The van der Waals surface area contributed by atoms with Crippen LogP contribution in [0.3, 0.4) is 0 Å². The largest absolute Gasteiger partial charge is 0.328 e. The van der Waals surface area contributed by atoms with E-state index in [0.29, 0.717) is 0 Å². The highest BCUT2D eigenvalue weighted by Gasteiger charge is 2.57. The fraction of sp³-hybridized carbons (Fsp3) is 0.136. The van der Waals surface area contributed by atoms with Gasteiger partial charge in [0.1, 0.15) is 0 Å². The molecule has 2 aliphatic rings. The van der Waals surface area contributed by atoms with Gasteiger partial charge in [0.25, 0.3) is 5.91 Å². The second-order valence-electron chi connectivity index (χ2n) is 6.84. The minimum Gasteiger partial charge on any atom is -0.328 e. The van der Waals surface area contributed by atoms with Crippen LogP contribution in [-0.2, 0) is 10.3 Å². The Kier molecular flexibility index (Phi) is 3.28. The molecular formula is C22H17BrN2O. The summed E-state index contributed by atoms with van der Waals surface area (Å²) in [6.07, 6.45) is 6.32. The number of likely N-dealkylation sites (N-methyl/N-ethyl adjacent to an activating group) is 1. The number of carbonyl (C=O) groups excluding carboxylic acids is 1. The van der Waals surface area contributed by atoms with Gasteiger partial charge in [-0.05, 0) is 42.0 Å². The number of hydrogen-bond acceptors (Lipinski definition) is 1. The zero-order valence-corrected chi connectivity index (χ0v) is 15.8. The molecule has 0 N–H and O–H groups in total. The first-order chi connectivity index (χ1) is 12.6. The normalized spacial score (nSPS) is 23.4. The number of rotatable bonds is 1. The molecule has 3 heterocycles. The van der Waals surface area contributed by atoms with Crippen LogP contribution in [0.4, 0.5) is 5.69 Å². The van der Waals surface area contributed by atoms with Gasteiger partial charge in [0.2, 0.25) is 0 Å². The van der Waals surface area contributed by atoms with E-state index in [1.54, 1.807) is 4.90 Å². The Balaban J connectivity index is 1.85. The van der Waals surface area contributed by atoms with Crippen LogP contribution in [0.25, 0.3) is 6.08 Å². The standard InChI is InChI=1S/C22H17BrN2O/c1-24-20-7-3-2-6-19(20)22(21(24)26)18(15-8-10-16(23)11-9-15)13-12-17-5-4-14-25(17)22/h2-14,18H,1H3/t18-,22+/m0/s1. The monoisotopic (exact) mass is 404 g/mol. The Morgan fingerprint density at radius 1 is 1.00 bits per heavy atom. The van der Waals surface area contributed by atoms with Gasteiger partial charge in [-0.25, -0.2) is 0 Å². The van der Waals surface area contributed by atoms with Gasteiger partial charge >= 0.3 is 0 Å². The molecule has 3 nitrogen and oxygen atoms in total. The second kappa shape index (κ2) is 5.45. The SMILES string of the molecule is CN1C(=O)[C@]2(c3ccccc31)[C@H](c1ccc(Br)cc1)C=Cc1cccn12. The number of anilines is 1. The summed E-state index contributed by atoms with van der Waals surface area (Å²) in [5.41, 5.74) is 3.43. The lowest BCUT2D eigenvalue weighted by atomic mass is 9.73. The van der Waals surface area contributed by atoms with E-state index >= 15 is 0 Å². The molecule has 2 atom stereocenters. The van der Waals surface area contributed by atoms with Crippen molar-refractivity contribution in [3.05, 3.63) is 94.2 Å². The highest BCUT2D eigenvalue weighted by molar-refractivity contribution is 9.10. The number of allylic oxidation sites excluding steroid dienone is 1. The number of aromatic nitrogens is 1. The number of hydrogen-bond donors (Lipinski definition) is 0. The summed E-state index contributed by atoms with van der Waals surface area (Å²) in [5, 5.41) is 0. The van der Waals surface area contributed by atoms with Crippen LogP contribution in [0.15, 0.2) is 77.4 Å². The molecule has 128 valence electrons. The summed E-state index contributed by atoms with van der Waals surface area (Å²) in [7, 11) is 1.87. The van der Waals surface area contributed by atoms with Crippen LogP contribution in [0.2, 0.25) is 0 Å². The van der Waals surface area contributed by atoms with E-state index in [-0.39, 0.29) is 11.8 Å². The average molecular weight is 405 g/mol. The molecule has 0 saturated carbocycles. The van der Waals surface area contributed by atoms with E-state index in [2.05, 4.69) is 56.9 Å². The van der Waals surface area contributed by atoms with E-state index < -0.39 is 5.54 Å². The lowest BCUT2D eigenvalue weighted by Gasteiger charge is -2.40. The van der Waals surface area contributed by atoms with Crippen molar-refractivity contribution in [1.82, 2.24) is 4.57 Å². The van der Waals surface area contributed by atoms with Gasteiger partial charge in [-0.15, -0.1) is 0 Å². The molecule has 0 radical (unpaired) electrons. The van der Waals surface area contributed by atoms with Crippen molar-refractivity contribution < 1.29 is 4.79 Å². The highest BCUT2D eigenvalue weighted by Crippen LogP contribution is 2.53. The van der Waals surface area contributed by atoms with Gasteiger partial charge < -0.3 is 9.47 Å². The number of nitrogens with zero attached hydrogens (tertiary/aromatic N) is 2. The molecule has 0 aliphatic carbocycles. The smallest absolute Gasteiger partial charge is 0.258 e. The summed E-state index contributed by atoms with van der Waals surface area (Å²) in [5.74, 6) is 0.0301. The molecule has 1 spiro atoms. The number of halogens is 1. The van der Waals surface area contributed by atoms with Crippen molar-refractivity contribution in [3.63, 3.8) is 0 Å². The number of carbonyl (C=O) groups is 1. The Morgan fingerprint density at radius 2 is 1.77 bits per heavy atom. The van der Waals surface area contributed by atoms with Crippen molar-refractivity contribution in [1.29, 1.82) is 0 Å². The van der Waals surface area contributed by atoms with Gasteiger partial charge in [-0.2, -0.15) is 0 Å². The maximum atomic E-state index is 13.7. The van der Waals surface area contributed by atoms with E-state index in [0.717, 1.165) is 27.0 Å². The molecule has 2 aromatic carbocycles. The average Bonchev–Trinajstić information content (AvgIpc) is 3.23. The van der Waals surface area contributed by atoms with Gasteiger partial charge in [-0.3, -0.25) is 4.79 Å². The minimum absolute atomic E-state index is 0.0749. The van der Waals surface area contributed by atoms with Crippen LogP contribution in [0.1, 0.15) is 22.7 Å². The van der Waals surface area contributed by atoms with Gasteiger partial charge in [0.05, 0.1) is 0 Å². The minimum atomic E-state index is -0.785. The molecule has 5 rings (SSSR count). The van der Waals surface area contributed by atoms with Crippen LogP contribution in [0, 0.1) is 0 Å². The van der Waals surface area contributed by atoms with E-state index in [1.807, 2.05) is 49.6 Å². The predicted molar refractivity (Wildman–Crippen MR) is 107 cm³/mol. The van der Waals surface area contributed by atoms with Gasteiger partial charge in [-0.1, -0.05) is 52.3 Å². The zero-order valence-electron chi connectivity index (χ0n) is 14.3. The topological polar surface area (TPSA) is 25.2 Å². The summed E-state index contributed by atoms with van der Waals surface area (Å²) >= 11 is 3.51. The summed E-state index contributed by atoms with van der Waals surface area (Å²) < 4.78 is 3.18. The summed E-state index contributed by atoms with van der Waals surface area (Å²) in [6.45, 7) is 0. The highest BCUT2D eigenvalue weighted by atomic mass is 79.9. The molecule has 0 bridgehead atoms. The van der Waals surface area contributed by atoms with E-state index in [9.17, 15) is 4.79 Å². The maximum absolute atomic E-state index is 13.7. The third-order valence-corrected chi connectivity index (χ3v) is 6.13. The third-order valence-electron chi connectivity index (χ3n) is 5.61. The number of para-hydroxylation sites is 1. The molecule has 0 fully saturated rings. The number of amides is 1. The molecule has 3 aromatic rings. The van der Waals surface area contributed by atoms with Gasteiger partial charge in [0.15, 0.2) is 5.54 Å². The van der Waals surface area contributed by atoms with Crippen molar-refractivity contribution >= 4 is 33.6 Å². The Labute approximate surface area is 160 Å². The van der Waals surface area contributed by atoms with E-state index in [1.165, 1.54) is 0 Å². The number of fused-ring (bicyclic) bond motifs is 4. The lowest BCUT2D eigenvalue weighted by molar-refractivity contribution is -0.124. The van der Waals surface area contributed by atoms with Crippen molar-refractivity contribution in [2.45, 2.75) is 11.5 Å². The van der Waals surface area contributed by atoms with Gasteiger partial charge in [0, 0.05) is 40.6 Å². The van der Waals surface area contributed by atoms with E-state index in [4.69, 9.17) is 0 Å². The maximum Gasteiger partial charge on any atom is 0.258 e. The predicted octanol–water partition coefficient (Wildman–Crippen LogP) is 4.78. The molecule has 0 unspecified atom stereocenters. The quantitative estimate of drug-likeness (QED) is 0.572. The summed E-state index contributed by atoms with van der Waals surface area (Å²) in [4.78, 5) is 15.5. The van der Waals surface area contributed by atoms with Crippen LogP contribution < -0.4 is 4.90 Å². The molecule has 2 aliphatic heterocycles. The lowest BCUT2D eigenvalue weighted by Crippen LogP contribution is -2.50. The van der Waals surface area contributed by atoms with Crippen LogP contribution in [-0.4, -0.2) is 17.5 Å². The fourth-order valence-electron chi connectivity index (χ4n) is 4.46. The molecule has 0 saturated heterocycles. The number of benzene rings is 2. The molecule has 1 amide bonds. The molecular weight excluding hydrogens is 388 g/mol. The first-order valence-electron chi connectivity index (χ1n) is 8.63. The van der Waals surface area contributed by atoms with Crippen LogP contribution in [0.5, 0.6) is 0 Å². The van der Waals surface area contributed by atoms with Crippen molar-refractivity contribution in [2.75, 3.05) is 11.9 Å². The molecule has 4 heteroatoms. The third kappa shape index (κ3) is 1.85. The Morgan fingerprint density at radius 3 is 2.58 bits per heavy atom. The second-order valence-corrected chi connectivity index (χ2v) is 7.75.